The maximum atomic E-state index is 12.3. The molecule has 1 aromatic carbocycles. The third-order valence-electron chi connectivity index (χ3n) is 1.89. The highest BCUT2D eigenvalue weighted by molar-refractivity contribution is 6.32. The van der Waals surface area contributed by atoms with Crippen molar-refractivity contribution in [2.45, 2.75) is 12.6 Å². The van der Waals surface area contributed by atoms with Crippen LogP contribution in [0.15, 0.2) is 12.1 Å². The Morgan fingerprint density at radius 3 is 2.38 bits per heavy atom. The highest BCUT2D eigenvalue weighted by atomic mass is 35.5. The molecule has 16 heavy (non-hydrogen) atoms. The number of halogens is 4. The molecular formula is C9H7ClF3NO2. The van der Waals surface area contributed by atoms with E-state index in [2.05, 4.69) is 0 Å². The van der Waals surface area contributed by atoms with Crippen molar-refractivity contribution in [3.8, 4) is 0 Å². The number of benzene rings is 1. The maximum Gasteiger partial charge on any atom is 0.416 e. The van der Waals surface area contributed by atoms with E-state index in [1.807, 2.05) is 0 Å². The SMILES string of the molecule is Nc1cc(C(F)(F)F)cc(Cl)c1CC(=O)O. The van der Waals surface area contributed by atoms with Crippen LogP contribution >= 0.6 is 11.6 Å². The third kappa shape index (κ3) is 2.79. The Morgan fingerprint density at radius 2 is 2.00 bits per heavy atom. The smallest absolute Gasteiger partial charge is 0.416 e. The maximum absolute atomic E-state index is 12.3. The minimum absolute atomic E-state index is 0.0119. The minimum atomic E-state index is -4.56. The van der Waals surface area contributed by atoms with Gasteiger partial charge in [-0.3, -0.25) is 4.79 Å². The Morgan fingerprint density at radius 1 is 1.44 bits per heavy atom. The molecule has 0 aliphatic carbocycles. The number of carboxylic acids is 1. The fraction of sp³-hybridized carbons (Fsp3) is 0.222. The summed E-state index contributed by atoms with van der Waals surface area (Å²) in [6.07, 6.45) is -5.07. The first kappa shape index (κ1) is 12.6. The van der Waals surface area contributed by atoms with Gasteiger partial charge in [-0.05, 0) is 12.1 Å². The second-order valence-electron chi connectivity index (χ2n) is 3.09. The van der Waals surface area contributed by atoms with Gasteiger partial charge in [-0.1, -0.05) is 11.6 Å². The molecule has 0 fully saturated rings. The lowest BCUT2D eigenvalue weighted by Gasteiger charge is -2.11. The molecule has 0 bridgehead atoms. The summed E-state index contributed by atoms with van der Waals surface area (Å²) in [5, 5.41) is 8.21. The van der Waals surface area contributed by atoms with Crippen molar-refractivity contribution >= 4 is 23.3 Å². The second kappa shape index (κ2) is 4.21. The Labute approximate surface area is 93.6 Å². The van der Waals surface area contributed by atoms with Gasteiger partial charge in [-0.2, -0.15) is 13.2 Å². The Kier molecular flexibility index (Phi) is 3.32. The number of hydrogen-bond donors (Lipinski definition) is 2. The van der Waals surface area contributed by atoms with Crippen molar-refractivity contribution in [1.29, 1.82) is 0 Å². The van der Waals surface area contributed by atoms with Crippen LogP contribution in [0.4, 0.5) is 18.9 Å². The zero-order valence-electron chi connectivity index (χ0n) is 7.81. The quantitative estimate of drug-likeness (QED) is 0.796. The van der Waals surface area contributed by atoms with Crippen LogP contribution in [0.3, 0.4) is 0 Å². The Bertz CT molecular complexity index is 408. The Balaban J connectivity index is 3.23. The predicted molar refractivity (Wildman–Crippen MR) is 52.2 cm³/mol. The van der Waals surface area contributed by atoms with E-state index in [0.29, 0.717) is 12.1 Å². The summed E-state index contributed by atoms with van der Waals surface area (Å²) >= 11 is 5.54. The lowest BCUT2D eigenvalue weighted by Crippen LogP contribution is -2.09. The van der Waals surface area contributed by atoms with Crippen LogP contribution in [0.2, 0.25) is 5.02 Å². The molecule has 0 heterocycles. The van der Waals surface area contributed by atoms with Crippen LogP contribution in [0, 0.1) is 0 Å². The van der Waals surface area contributed by atoms with Crippen LogP contribution < -0.4 is 5.73 Å². The summed E-state index contributed by atoms with van der Waals surface area (Å²) in [6, 6.07) is 1.33. The van der Waals surface area contributed by atoms with E-state index < -0.39 is 24.1 Å². The molecule has 0 aliphatic rings. The van der Waals surface area contributed by atoms with E-state index in [-0.39, 0.29) is 16.3 Å². The highest BCUT2D eigenvalue weighted by Crippen LogP contribution is 2.35. The molecule has 0 aliphatic heterocycles. The lowest BCUT2D eigenvalue weighted by atomic mass is 10.1. The molecule has 0 atom stereocenters. The Hall–Kier alpha value is -1.43. The van der Waals surface area contributed by atoms with E-state index in [0.717, 1.165) is 0 Å². The van der Waals surface area contributed by atoms with Crippen molar-refractivity contribution in [1.82, 2.24) is 0 Å². The van der Waals surface area contributed by atoms with Crippen molar-refractivity contribution in [2.75, 3.05) is 5.73 Å². The average Bonchev–Trinajstić information content (AvgIpc) is 2.09. The van der Waals surface area contributed by atoms with Gasteiger partial charge in [0, 0.05) is 16.3 Å². The number of rotatable bonds is 2. The molecule has 0 radical (unpaired) electrons. The fourth-order valence-electron chi connectivity index (χ4n) is 1.16. The number of nitrogens with two attached hydrogens (primary N) is 1. The van der Waals surface area contributed by atoms with E-state index in [1.54, 1.807) is 0 Å². The predicted octanol–water partition coefficient (Wildman–Crippen LogP) is 2.57. The number of nitrogen functional groups attached to an aromatic ring is 1. The van der Waals surface area contributed by atoms with Crippen molar-refractivity contribution < 1.29 is 23.1 Å². The van der Waals surface area contributed by atoms with Gasteiger partial charge in [0.05, 0.1) is 12.0 Å². The fourth-order valence-corrected chi connectivity index (χ4v) is 1.45. The normalized spacial score (nSPS) is 11.5. The van der Waals surface area contributed by atoms with Gasteiger partial charge in [-0.25, -0.2) is 0 Å². The molecule has 0 saturated carbocycles. The molecule has 0 amide bonds. The van der Waals surface area contributed by atoms with Crippen LogP contribution in [0.25, 0.3) is 0 Å². The number of alkyl halides is 3. The summed E-state index contributed by atoms with van der Waals surface area (Å²) in [5.74, 6) is -1.21. The first-order chi connectivity index (χ1) is 7.21. The molecule has 0 aromatic heterocycles. The first-order valence-electron chi connectivity index (χ1n) is 4.08. The lowest BCUT2D eigenvalue weighted by molar-refractivity contribution is -0.137. The molecule has 88 valence electrons. The topological polar surface area (TPSA) is 63.3 Å². The molecule has 1 aromatic rings. The number of carboxylic acid groups (broad SMARTS) is 1. The van der Waals surface area contributed by atoms with Crippen molar-refractivity contribution in [3.05, 3.63) is 28.3 Å². The van der Waals surface area contributed by atoms with Crippen LogP contribution in [0.5, 0.6) is 0 Å². The first-order valence-corrected chi connectivity index (χ1v) is 4.46. The second-order valence-corrected chi connectivity index (χ2v) is 3.50. The molecule has 1 rings (SSSR count). The third-order valence-corrected chi connectivity index (χ3v) is 2.22. The molecule has 0 saturated heterocycles. The van der Waals surface area contributed by atoms with Gasteiger partial charge in [-0.15, -0.1) is 0 Å². The summed E-state index contributed by atoms with van der Waals surface area (Å²) in [6.45, 7) is 0. The molecule has 0 unspecified atom stereocenters. The van der Waals surface area contributed by atoms with E-state index >= 15 is 0 Å². The zero-order valence-corrected chi connectivity index (χ0v) is 8.56. The monoisotopic (exact) mass is 253 g/mol. The summed E-state index contributed by atoms with van der Waals surface area (Å²) in [4.78, 5) is 10.4. The van der Waals surface area contributed by atoms with Crippen LogP contribution in [0.1, 0.15) is 11.1 Å². The molecule has 7 heteroatoms. The number of hydrogen-bond acceptors (Lipinski definition) is 2. The van der Waals surface area contributed by atoms with Gasteiger partial charge >= 0.3 is 12.1 Å². The van der Waals surface area contributed by atoms with Crippen LogP contribution in [-0.4, -0.2) is 11.1 Å². The van der Waals surface area contributed by atoms with Gasteiger partial charge < -0.3 is 10.8 Å². The van der Waals surface area contributed by atoms with Crippen molar-refractivity contribution in [2.24, 2.45) is 0 Å². The number of carbonyl (C=O) groups is 1. The van der Waals surface area contributed by atoms with Crippen molar-refractivity contribution in [3.63, 3.8) is 0 Å². The summed E-state index contributed by atoms with van der Waals surface area (Å²) in [5.41, 5.74) is 4.04. The standard InChI is InChI=1S/C9H7ClF3NO2/c10-6-1-4(9(11,12)13)2-7(14)5(6)3-8(15)16/h1-2H,3,14H2,(H,15,16). The largest absolute Gasteiger partial charge is 0.481 e. The van der Waals surface area contributed by atoms with Gasteiger partial charge in [0.1, 0.15) is 0 Å². The summed E-state index contributed by atoms with van der Waals surface area (Å²) < 4.78 is 36.9. The van der Waals surface area contributed by atoms with Gasteiger partial charge in [0.25, 0.3) is 0 Å². The van der Waals surface area contributed by atoms with E-state index in [9.17, 15) is 18.0 Å². The van der Waals surface area contributed by atoms with Crippen LogP contribution in [-0.2, 0) is 17.4 Å². The molecule has 3 nitrogen and oxygen atoms in total. The zero-order chi connectivity index (χ0) is 12.5. The van der Waals surface area contributed by atoms with E-state index in [1.165, 1.54) is 0 Å². The molecular weight excluding hydrogens is 247 g/mol. The van der Waals surface area contributed by atoms with Gasteiger partial charge in [0.2, 0.25) is 0 Å². The minimum Gasteiger partial charge on any atom is -0.481 e. The molecule has 3 N–H and O–H groups in total. The highest BCUT2D eigenvalue weighted by Gasteiger charge is 2.31. The number of aliphatic carboxylic acids is 1. The van der Waals surface area contributed by atoms with E-state index in [4.69, 9.17) is 22.4 Å². The average molecular weight is 254 g/mol. The number of anilines is 1. The summed E-state index contributed by atoms with van der Waals surface area (Å²) in [7, 11) is 0. The van der Waals surface area contributed by atoms with Gasteiger partial charge in [0.15, 0.2) is 0 Å². The molecule has 0 spiro atoms.